The molecule has 0 aliphatic heterocycles. The summed E-state index contributed by atoms with van der Waals surface area (Å²) in [6.45, 7) is 0. The van der Waals surface area contributed by atoms with E-state index in [1.807, 2.05) is 30.3 Å². The highest BCUT2D eigenvalue weighted by atomic mass is 79.9. The fourth-order valence-corrected chi connectivity index (χ4v) is 0.906. The lowest BCUT2D eigenvalue weighted by Gasteiger charge is -1.81. The van der Waals surface area contributed by atoms with Gasteiger partial charge in [0.15, 0.2) is 0 Å². The first-order valence-corrected chi connectivity index (χ1v) is 2.89. The van der Waals surface area contributed by atoms with E-state index in [0.717, 1.165) is 11.0 Å². The fraction of sp³-hybridized carbons (Fsp3) is 0. The van der Waals surface area contributed by atoms with Gasteiger partial charge in [-0.1, -0.05) is 18.2 Å². The number of furan rings is 1. The van der Waals surface area contributed by atoms with Crippen molar-refractivity contribution in [3.63, 3.8) is 0 Å². The first-order valence-electron chi connectivity index (χ1n) is 2.89. The predicted octanol–water partition coefficient (Wildman–Crippen LogP) is 3.01. The van der Waals surface area contributed by atoms with Crippen LogP contribution in [0, 0.1) is 0 Å². The SMILES string of the molecule is Br.c1ccc2occc2c1. The molecule has 0 amide bonds. The van der Waals surface area contributed by atoms with Gasteiger partial charge in [-0.3, -0.25) is 0 Å². The Hall–Kier alpha value is -0.760. The number of hydrogen-bond acceptors (Lipinski definition) is 1. The summed E-state index contributed by atoms with van der Waals surface area (Å²) in [5.74, 6) is 0. The van der Waals surface area contributed by atoms with Gasteiger partial charge in [-0.2, -0.15) is 0 Å². The third kappa shape index (κ3) is 1.07. The van der Waals surface area contributed by atoms with E-state index in [4.69, 9.17) is 4.42 Å². The Morgan fingerprint density at radius 3 is 2.60 bits per heavy atom. The molecule has 0 N–H and O–H groups in total. The summed E-state index contributed by atoms with van der Waals surface area (Å²) in [6.07, 6.45) is 1.70. The van der Waals surface area contributed by atoms with Gasteiger partial charge in [0.2, 0.25) is 0 Å². The summed E-state index contributed by atoms with van der Waals surface area (Å²) in [5.41, 5.74) is 0.956. The average molecular weight is 199 g/mol. The molecule has 0 saturated carbocycles. The zero-order chi connectivity index (χ0) is 6.10. The van der Waals surface area contributed by atoms with Gasteiger partial charge < -0.3 is 4.42 Å². The minimum atomic E-state index is 0. The summed E-state index contributed by atoms with van der Waals surface area (Å²) in [4.78, 5) is 0. The van der Waals surface area contributed by atoms with Crippen LogP contribution >= 0.6 is 17.0 Å². The normalized spacial score (nSPS) is 9.20. The Morgan fingerprint density at radius 1 is 1.00 bits per heavy atom. The van der Waals surface area contributed by atoms with Crippen LogP contribution in [0.1, 0.15) is 0 Å². The van der Waals surface area contributed by atoms with Crippen molar-refractivity contribution < 1.29 is 4.42 Å². The van der Waals surface area contributed by atoms with Crippen LogP contribution in [-0.4, -0.2) is 0 Å². The molecule has 0 aliphatic carbocycles. The van der Waals surface area contributed by atoms with Crippen molar-refractivity contribution in [2.75, 3.05) is 0 Å². The smallest absolute Gasteiger partial charge is 0.133 e. The second-order valence-corrected chi connectivity index (χ2v) is 1.96. The molecule has 0 bridgehead atoms. The number of rotatable bonds is 0. The summed E-state index contributed by atoms with van der Waals surface area (Å²) < 4.78 is 5.12. The Morgan fingerprint density at radius 2 is 1.80 bits per heavy atom. The standard InChI is InChI=1S/C8H6O.BrH/c1-2-4-8-7(3-1)5-6-9-8;/h1-6H;1H. The summed E-state index contributed by atoms with van der Waals surface area (Å²) >= 11 is 0. The van der Waals surface area contributed by atoms with E-state index in [2.05, 4.69) is 0 Å². The number of benzene rings is 1. The van der Waals surface area contributed by atoms with Crippen LogP contribution in [-0.2, 0) is 0 Å². The van der Waals surface area contributed by atoms with Crippen molar-refractivity contribution >= 4 is 28.0 Å². The monoisotopic (exact) mass is 198 g/mol. The molecule has 52 valence electrons. The number of para-hydroxylation sites is 1. The van der Waals surface area contributed by atoms with E-state index >= 15 is 0 Å². The molecule has 1 nitrogen and oxygen atoms in total. The predicted molar refractivity (Wildman–Crippen MR) is 46.5 cm³/mol. The molecule has 2 aromatic rings. The van der Waals surface area contributed by atoms with Crippen LogP contribution in [0.2, 0.25) is 0 Å². The number of halogens is 1. The maximum absolute atomic E-state index is 5.12. The van der Waals surface area contributed by atoms with Gasteiger partial charge in [0, 0.05) is 5.39 Å². The zero-order valence-corrected chi connectivity index (χ0v) is 6.99. The summed E-state index contributed by atoms with van der Waals surface area (Å²) in [7, 11) is 0. The molecule has 1 aromatic carbocycles. The molecular weight excluding hydrogens is 192 g/mol. The van der Waals surface area contributed by atoms with Gasteiger partial charge in [-0.15, -0.1) is 17.0 Å². The third-order valence-corrected chi connectivity index (χ3v) is 1.36. The maximum atomic E-state index is 5.12. The highest BCUT2D eigenvalue weighted by Crippen LogP contribution is 2.12. The first kappa shape index (κ1) is 7.35. The van der Waals surface area contributed by atoms with Crippen LogP contribution in [0.4, 0.5) is 0 Å². The molecule has 0 unspecified atom stereocenters. The fourth-order valence-electron chi connectivity index (χ4n) is 0.906. The quantitative estimate of drug-likeness (QED) is 0.635. The number of fused-ring (bicyclic) bond motifs is 1. The lowest BCUT2D eigenvalue weighted by Crippen LogP contribution is -1.57. The zero-order valence-electron chi connectivity index (χ0n) is 5.28. The second-order valence-electron chi connectivity index (χ2n) is 1.96. The minimum absolute atomic E-state index is 0. The van der Waals surface area contributed by atoms with Gasteiger partial charge in [0.1, 0.15) is 5.58 Å². The van der Waals surface area contributed by atoms with Crippen molar-refractivity contribution in [2.24, 2.45) is 0 Å². The minimum Gasteiger partial charge on any atom is -0.464 e. The molecule has 1 heterocycles. The van der Waals surface area contributed by atoms with E-state index in [0.29, 0.717) is 0 Å². The molecule has 0 aliphatic rings. The maximum Gasteiger partial charge on any atom is 0.133 e. The van der Waals surface area contributed by atoms with E-state index in [9.17, 15) is 0 Å². The molecule has 1 aromatic heterocycles. The van der Waals surface area contributed by atoms with Crippen molar-refractivity contribution in [1.82, 2.24) is 0 Å². The van der Waals surface area contributed by atoms with Gasteiger partial charge >= 0.3 is 0 Å². The van der Waals surface area contributed by atoms with Gasteiger partial charge in [-0.25, -0.2) is 0 Å². The van der Waals surface area contributed by atoms with Crippen LogP contribution in [0.5, 0.6) is 0 Å². The van der Waals surface area contributed by atoms with Crippen molar-refractivity contribution in [3.05, 3.63) is 36.6 Å². The summed E-state index contributed by atoms with van der Waals surface area (Å²) in [6, 6.07) is 9.90. The van der Waals surface area contributed by atoms with Gasteiger partial charge in [0.25, 0.3) is 0 Å². The molecule has 10 heavy (non-hydrogen) atoms. The van der Waals surface area contributed by atoms with Crippen molar-refractivity contribution in [2.45, 2.75) is 0 Å². The van der Waals surface area contributed by atoms with Gasteiger partial charge in [0.05, 0.1) is 6.26 Å². The van der Waals surface area contributed by atoms with Gasteiger partial charge in [-0.05, 0) is 12.1 Å². The lowest BCUT2D eigenvalue weighted by molar-refractivity contribution is 0.616. The molecular formula is C8H7BrO. The van der Waals surface area contributed by atoms with Crippen LogP contribution < -0.4 is 0 Å². The lowest BCUT2D eigenvalue weighted by atomic mass is 10.3. The first-order chi connectivity index (χ1) is 4.47. The van der Waals surface area contributed by atoms with E-state index < -0.39 is 0 Å². The second kappa shape index (κ2) is 2.88. The molecule has 2 heteroatoms. The van der Waals surface area contributed by atoms with E-state index in [1.165, 1.54) is 0 Å². The molecule has 0 saturated heterocycles. The highest BCUT2D eigenvalue weighted by molar-refractivity contribution is 8.93. The molecule has 2 rings (SSSR count). The average Bonchev–Trinajstić information content (AvgIpc) is 2.33. The van der Waals surface area contributed by atoms with Crippen LogP contribution in [0.3, 0.4) is 0 Å². The Balaban J connectivity index is 0.000000500. The van der Waals surface area contributed by atoms with Crippen LogP contribution in [0.15, 0.2) is 41.0 Å². The van der Waals surface area contributed by atoms with E-state index in [-0.39, 0.29) is 17.0 Å². The van der Waals surface area contributed by atoms with Crippen molar-refractivity contribution in [1.29, 1.82) is 0 Å². The number of hydrogen-bond donors (Lipinski definition) is 0. The van der Waals surface area contributed by atoms with E-state index in [1.54, 1.807) is 6.26 Å². The molecule has 0 fully saturated rings. The topological polar surface area (TPSA) is 13.1 Å². The Labute approximate surface area is 69.4 Å². The molecule has 0 radical (unpaired) electrons. The molecule has 0 atom stereocenters. The Kier molecular flexibility index (Phi) is 2.12. The van der Waals surface area contributed by atoms with Crippen LogP contribution in [0.25, 0.3) is 11.0 Å². The Bertz CT molecular complexity index is 283. The third-order valence-electron chi connectivity index (χ3n) is 1.36. The summed E-state index contributed by atoms with van der Waals surface area (Å²) in [5, 5.41) is 1.16. The van der Waals surface area contributed by atoms with Crippen molar-refractivity contribution in [3.8, 4) is 0 Å². The molecule has 0 spiro atoms. The highest BCUT2D eigenvalue weighted by Gasteiger charge is 1.89. The largest absolute Gasteiger partial charge is 0.464 e.